The van der Waals surface area contributed by atoms with Gasteiger partial charge in [0.15, 0.2) is 5.78 Å². The number of rotatable bonds is 4. The maximum atomic E-state index is 12.7. The molecule has 5 heteroatoms. The first-order valence-corrected chi connectivity index (χ1v) is 7.94. The van der Waals surface area contributed by atoms with Crippen LogP contribution in [0.1, 0.15) is 44.2 Å². The molecule has 0 spiro atoms. The Labute approximate surface area is 132 Å². The molecule has 0 aliphatic heterocycles. The van der Waals surface area contributed by atoms with E-state index in [-0.39, 0.29) is 5.78 Å². The average molecular weight is 354 g/mol. The highest BCUT2D eigenvalue weighted by Crippen LogP contribution is 2.43. The van der Waals surface area contributed by atoms with Gasteiger partial charge < -0.3 is 10.8 Å². The number of hydrogen-bond donors (Lipinski definition) is 2. The van der Waals surface area contributed by atoms with Crippen molar-refractivity contribution in [1.29, 1.82) is 0 Å². The summed E-state index contributed by atoms with van der Waals surface area (Å²) in [4.78, 5) is 24.3. The van der Waals surface area contributed by atoms with E-state index in [1.54, 1.807) is 19.1 Å². The van der Waals surface area contributed by atoms with Gasteiger partial charge in [0, 0.05) is 10.4 Å². The molecule has 0 saturated heterocycles. The van der Waals surface area contributed by atoms with Gasteiger partial charge in [-0.2, -0.15) is 0 Å². The van der Waals surface area contributed by atoms with Gasteiger partial charge in [-0.15, -0.1) is 0 Å². The number of ketones is 1. The van der Waals surface area contributed by atoms with Crippen LogP contribution in [0.4, 0.5) is 0 Å². The number of halogens is 1. The van der Waals surface area contributed by atoms with Crippen molar-refractivity contribution >= 4 is 27.7 Å². The van der Waals surface area contributed by atoms with Crippen molar-refractivity contribution in [3.63, 3.8) is 0 Å². The van der Waals surface area contributed by atoms with E-state index in [0.29, 0.717) is 12.8 Å². The van der Waals surface area contributed by atoms with Crippen molar-refractivity contribution in [2.45, 2.75) is 38.6 Å². The molecule has 3 atom stereocenters. The summed E-state index contributed by atoms with van der Waals surface area (Å²) in [5.41, 5.74) is 5.81. The van der Waals surface area contributed by atoms with Crippen molar-refractivity contribution in [3.8, 4) is 0 Å². The molecule has 1 fully saturated rings. The number of carboxylic acids is 1. The second-order valence-electron chi connectivity index (χ2n) is 5.95. The number of benzene rings is 1. The summed E-state index contributed by atoms with van der Waals surface area (Å²) >= 11 is 3.34. The van der Waals surface area contributed by atoms with Crippen molar-refractivity contribution in [2.75, 3.05) is 0 Å². The molecule has 1 saturated carbocycles. The molecular formula is C16H20BrNO3. The SMILES string of the molecule is C[C@@]1(C(=O)O)CCCC[C@H]1C(=O)C(N)c1ccc(Br)cc1. The molecule has 0 amide bonds. The third-order valence-corrected chi connectivity index (χ3v) is 5.10. The zero-order valence-electron chi connectivity index (χ0n) is 12.0. The zero-order chi connectivity index (χ0) is 15.6. The van der Waals surface area contributed by atoms with Gasteiger partial charge in [-0.25, -0.2) is 0 Å². The maximum absolute atomic E-state index is 12.7. The molecule has 21 heavy (non-hydrogen) atoms. The topological polar surface area (TPSA) is 80.4 Å². The fourth-order valence-electron chi connectivity index (χ4n) is 3.10. The Bertz CT molecular complexity index is 543. The van der Waals surface area contributed by atoms with Crippen LogP contribution in [0.2, 0.25) is 0 Å². The Kier molecular flexibility index (Phi) is 4.84. The Morgan fingerprint density at radius 3 is 2.52 bits per heavy atom. The number of aliphatic carboxylic acids is 1. The van der Waals surface area contributed by atoms with E-state index in [1.165, 1.54) is 0 Å². The maximum Gasteiger partial charge on any atom is 0.310 e. The van der Waals surface area contributed by atoms with Crippen LogP contribution in [0.15, 0.2) is 28.7 Å². The molecule has 1 aliphatic rings. The molecule has 114 valence electrons. The lowest BCUT2D eigenvalue weighted by Gasteiger charge is -2.38. The van der Waals surface area contributed by atoms with Crippen LogP contribution in [-0.4, -0.2) is 16.9 Å². The highest BCUT2D eigenvalue weighted by atomic mass is 79.9. The first kappa shape index (κ1) is 16.2. The minimum absolute atomic E-state index is 0.165. The summed E-state index contributed by atoms with van der Waals surface area (Å²) in [6.07, 6.45) is 2.87. The molecule has 3 N–H and O–H groups in total. The van der Waals surface area contributed by atoms with Gasteiger partial charge in [0.25, 0.3) is 0 Å². The number of hydrogen-bond acceptors (Lipinski definition) is 3. The van der Waals surface area contributed by atoms with Gasteiger partial charge in [-0.3, -0.25) is 9.59 Å². The number of carboxylic acid groups (broad SMARTS) is 1. The van der Waals surface area contributed by atoms with E-state index >= 15 is 0 Å². The van der Waals surface area contributed by atoms with E-state index in [2.05, 4.69) is 15.9 Å². The van der Waals surface area contributed by atoms with Crippen LogP contribution >= 0.6 is 15.9 Å². The fourth-order valence-corrected chi connectivity index (χ4v) is 3.36. The number of Topliss-reactive ketones (excluding diaryl/α,β-unsaturated/α-hetero) is 1. The minimum Gasteiger partial charge on any atom is -0.481 e. The molecular weight excluding hydrogens is 334 g/mol. The van der Waals surface area contributed by atoms with Gasteiger partial charge in [-0.05, 0) is 37.5 Å². The molecule has 1 aromatic carbocycles. The summed E-state index contributed by atoms with van der Waals surface area (Å²) in [6, 6.07) is 6.50. The van der Waals surface area contributed by atoms with Crippen LogP contribution in [0.3, 0.4) is 0 Å². The standard InChI is InChI=1S/C16H20BrNO3/c1-16(15(20)21)9-3-2-4-12(16)14(19)13(18)10-5-7-11(17)8-6-10/h5-8,12-13H,2-4,9,18H2,1H3,(H,20,21)/t12-,13?,16+/m0/s1. The summed E-state index contributed by atoms with van der Waals surface area (Å²) in [6.45, 7) is 1.67. The predicted molar refractivity (Wildman–Crippen MR) is 83.8 cm³/mol. The Morgan fingerprint density at radius 1 is 1.33 bits per heavy atom. The van der Waals surface area contributed by atoms with Crippen molar-refractivity contribution in [3.05, 3.63) is 34.3 Å². The van der Waals surface area contributed by atoms with Gasteiger partial charge >= 0.3 is 5.97 Å². The third-order valence-electron chi connectivity index (χ3n) is 4.58. The summed E-state index contributed by atoms with van der Waals surface area (Å²) < 4.78 is 0.916. The van der Waals surface area contributed by atoms with E-state index < -0.39 is 23.3 Å². The monoisotopic (exact) mass is 353 g/mol. The number of nitrogens with two attached hydrogens (primary N) is 1. The molecule has 2 rings (SSSR count). The Hall–Kier alpha value is -1.20. The summed E-state index contributed by atoms with van der Waals surface area (Å²) in [7, 11) is 0. The molecule has 1 unspecified atom stereocenters. The van der Waals surface area contributed by atoms with Crippen molar-refractivity contribution in [1.82, 2.24) is 0 Å². The van der Waals surface area contributed by atoms with Crippen LogP contribution in [0.25, 0.3) is 0 Å². The highest BCUT2D eigenvalue weighted by Gasteiger charge is 2.47. The van der Waals surface area contributed by atoms with Gasteiger partial charge in [0.2, 0.25) is 0 Å². The molecule has 0 radical (unpaired) electrons. The molecule has 1 aromatic rings. The Balaban J connectivity index is 2.24. The lowest BCUT2D eigenvalue weighted by atomic mass is 9.64. The lowest BCUT2D eigenvalue weighted by molar-refractivity contribution is -0.157. The summed E-state index contributed by atoms with van der Waals surface area (Å²) in [5, 5.41) is 9.51. The molecule has 0 aromatic heterocycles. The molecule has 0 bridgehead atoms. The van der Waals surface area contributed by atoms with Crippen LogP contribution in [-0.2, 0) is 9.59 Å². The van der Waals surface area contributed by atoms with E-state index in [1.807, 2.05) is 12.1 Å². The van der Waals surface area contributed by atoms with E-state index in [4.69, 9.17) is 5.73 Å². The second kappa shape index (κ2) is 6.28. The first-order valence-electron chi connectivity index (χ1n) is 7.14. The van der Waals surface area contributed by atoms with Gasteiger partial charge in [0.05, 0.1) is 11.5 Å². The lowest BCUT2D eigenvalue weighted by Crippen LogP contribution is -2.45. The predicted octanol–water partition coefficient (Wildman–Crippen LogP) is 3.30. The smallest absolute Gasteiger partial charge is 0.310 e. The van der Waals surface area contributed by atoms with Crippen LogP contribution in [0, 0.1) is 11.3 Å². The number of carbonyl (C=O) groups excluding carboxylic acids is 1. The van der Waals surface area contributed by atoms with Crippen molar-refractivity contribution < 1.29 is 14.7 Å². The van der Waals surface area contributed by atoms with Crippen molar-refractivity contribution in [2.24, 2.45) is 17.1 Å². The quantitative estimate of drug-likeness (QED) is 0.869. The fraction of sp³-hybridized carbons (Fsp3) is 0.500. The molecule has 0 heterocycles. The largest absolute Gasteiger partial charge is 0.481 e. The van der Waals surface area contributed by atoms with Gasteiger partial charge in [-0.1, -0.05) is 40.9 Å². The minimum atomic E-state index is -0.998. The Morgan fingerprint density at radius 2 is 1.95 bits per heavy atom. The molecule has 1 aliphatic carbocycles. The first-order chi connectivity index (χ1) is 9.86. The van der Waals surface area contributed by atoms with E-state index in [9.17, 15) is 14.7 Å². The number of carbonyl (C=O) groups is 2. The average Bonchev–Trinajstić information content (AvgIpc) is 2.47. The van der Waals surface area contributed by atoms with Gasteiger partial charge in [0.1, 0.15) is 0 Å². The van der Waals surface area contributed by atoms with Crippen LogP contribution < -0.4 is 5.73 Å². The zero-order valence-corrected chi connectivity index (χ0v) is 13.6. The normalized spacial score (nSPS) is 27.1. The van der Waals surface area contributed by atoms with Crippen LogP contribution in [0.5, 0.6) is 0 Å². The van der Waals surface area contributed by atoms with E-state index in [0.717, 1.165) is 22.9 Å². The second-order valence-corrected chi connectivity index (χ2v) is 6.87. The highest BCUT2D eigenvalue weighted by molar-refractivity contribution is 9.10. The molecule has 4 nitrogen and oxygen atoms in total. The summed E-state index contributed by atoms with van der Waals surface area (Å²) in [5.74, 6) is -1.58. The third kappa shape index (κ3) is 3.19.